The standard InChI is InChI=1S/C22H21N5O3S/c1-2-12-26-21(19-13-18(19)15-6-4-3-5-7-15)24-25-22(26)31-14-20(28)23-16-8-10-17(11-9-16)27(29)30/h2-11,18-19H,1,12-14H2,(H,23,28). The minimum Gasteiger partial charge on any atom is -0.325 e. The predicted octanol–water partition coefficient (Wildman–Crippen LogP) is 4.37. The third kappa shape index (κ3) is 4.83. The Hall–Kier alpha value is -3.46. The van der Waals surface area contributed by atoms with E-state index in [2.05, 4.69) is 34.2 Å². The van der Waals surface area contributed by atoms with Gasteiger partial charge in [-0.3, -0.25) is 14.9 Å². The molecule has 1 heterocycles. The van der Waals surface area contributed by atoms with E-state index in [1.165, 1.54) is 41.6 Å². The number of hydrogen-bond donors (Lipinski definition) is 1. The molecule has 0 radical (unpaired) electrons. The Bertz CT molecular complexity index is 1100. The quantitative estimate of drug-likeness (QED) is 0.232. The van der Waals surface area contributed by atoms with Crippen LogP contribution in [0, 0.1) is 10.1 Å². The van der Waals surface area contributed by atoms with E-state index in [1.807, 2.05) is 22.8 Å². The number of aromatic nitrogens is 3. The molecule has 2 unspecified atom stereocenters. The number of anilines is 1. The fourth-order valence-electron chi connectivity index (χ4n) is 3.52. The first-order valence-electron chi connectivity index (χ1n) is 9.83. The molecule has 0 saturated heterocycles. The second-order valence-electron chi connectivity index (χ2n) is 7.24. The van der Waals surface area contributed by atoms with E-state index in [0.29, 0.717) is 29.2 Å². The number of thioether (sulfide) groups is 1. The van der Waals surface area contributed by atoms with Crippen LogP contribution in [0.1, 0.15) is 29.6 Å². The molecule has 4 rings (SSSR count). The van der Waals surface area contributed by atoms with Gasteiger partial charge in [-0.15, -0.1) is 16.8 Å². The number of carbonyl (C=O) groups excluding carboxylic acids is 1. The maximum atomic E-state index is 12.3. The number of amides is 1. The van der Waals surface area contributed by atoms with Crippen LogP contribution in [0.3, 0.4) is 0 Å². The molecule has 8 nitrogen and oxygen atoms in total. The lowest BCUT2D eigenvalue weighted by Crippen LogP contribution is -2.14. The first-order chi connectivity index (χ1) is 15.1. The molecule has 0 bridgehead atoms. The topological polar surface area (TPSA) is 103 Å². The Morgan fingerprint density at radius 2 is 1.94 bits per heavy atom. The number of hydrogen-bond acceptors (Lipinski definition) is 6. The lowest BCUT2D eigenvalue weighted by Gasteiger charge is -2.08. The zero-order valence-corrected chi connectivity index (χ0v) is 17.5. The molecular formula is C22H21N5O3S. The van der Waals surface area contributed by atoms with Crippen molar-refractivity contribution in [2.75, 3.05) is 11.1 Å². The minimum atomic E-state index is -0.478. The average molecular weight is 436 g/mol. The van der Waals surface area contributed by atoms with E-state index in [4.69, 9.17) is 0 Å². The molecule has 0 aliphatic heterocycles. The van der Waals surface area contributed by atoms with Crippen molar-refractivity contribution in [2.24, 2.45) is 0 Å². The second-order valence-corrected chi connectivity index (χ2v) is 8.18. The van der Waals surface area contributed by atoms with Crippen molar-refractivity contribution in [3.05, 3.63) is 88.8 Å². The van der Waals surface area contributed by atoms with Gasteiger partial charge in [-0.25, -0.2) is 0 Å². The van der Waals surface area contributed by atoms with E-state index in [9.17, 15) is 14.9 Å². The number of carbonyl (C=O) groups is 1. The van der Waals surface area contributed by atoms with Gasteiger partial charge in [-0.2, -0.15) is 0 Å². The number of benzene rings is 2. The highest BCUT2D eigenvalue weighted by molar-refractivity contribution is 7.99. The number of allylic oxidation sites excluding steroid dienone is 1. The Balaban J connectivity index is 1.39. The zero-order valence-electron chi connectivity index (χ0n) is 16.7. The van der Waals surface area contributed by atoms with Gasteiger partial charge in [0.15, 0.2) is 5.16 Å². The molecule has 2 aromatic carbocycles. The lowest BCUT2D eigenvalue weighted by molar-refractivity contribution is -0.384. The molecule has 1 amide bonds. The van der Waals surface area contributed by atoms with Crippen LogP contribution in [0.2, 0.25) is 0 Å². The van der Waals surface area contributed by atoms with Crippen molar-refractivity contribution in [2.45, 2.75) is 30.0 Å². The summed E-state index contributed by atoms with van der Waals surface area (Å²) in [5.41, 5.74) is 1.79. The summed E-state index contributed by atoms with van der Waals surface area (Å²) in [5, 5.41) is 22.9. The molecule has 1 aliphatic rings. The van der Waals surface area contributed by atoms with Crippen LogP contribution in [-0.2, 0) is 11.3 Å². The molecule has 1 aliphatic carbocycles. The van der Waals surface area contributed by atoms with Crippen LogP contribution < -0.4 is 5.32 Å². The van der Waals surface area contributed by atoms with Crippen LogP contribution in [-0.4, -0.2) is 31.3 Å². The average Bonchev–Trinajstić information content (AvgIpc) is 3.48. The van der Waals surface area contributed by atoms with Gasteiger partial charge in [-0.05, 0) is 30.0 Å². The van der Waals surface area contributed by atoms with Crippen LogP contribution in [0.5, 0.6) is 0 Å². The number of nitrogens with one attached hydrogen (secondary N) is 1. The van der Waals surface area contributed by atoms with Gasteiger partial charge in [0.1, 0.15) is 5.82 Å². The number of nitro groups is 1. The number of nitro benzene ring substituents is 1. The lowest BCUT2D eigenvalue weighted by atomic mass is 10.1. The Morgan fingerprint density at radius 3 is 2.61 bits per heavy atom. The van der Waals surface area contributed by atoms with Crippen LogP contribution in [0.15, 0.2) is 72.4 Å². The summed E-state index contributed by atoms with van der Waals surface area (Å²) in [5.74, 6) is 1.61. The zero-order chi connectivity index (χ0) is 21.8. The Labute approximate surface area is 183 Å². The van der Waals surface area contributed by atoms with Crippen molar-refractivity contribution >= 4 is 29.0 Å². The molecule has 31 heavy (non-hydrogen) atoms. The van der Waals surface area contributed by atoms with E-state index in [1.54, 1.807) is 6.08 Å². The SMILES string of the molecule is C=CCn1c(SCC(=O)Nc2ccc([N+](=O)[O-])cc2)nnc1C1CC1c1ccccc1. The smallest absolute Gasteiger partial charge is 0.269 e. The number of non-ortho nitro benzene ring substituents is 1. The normalized spacial score (nSPS) is 17.2. The third-order valence-corrected chi connectivity index (χ3v) is 6.07. The van der Waals surface area contributed by atoms with Crippen molar-refractivity contribution in [3.63, 3.8) is 0 Å². The van der Waals surface area contributed by atoms with Crippen molar-refractivity contribution in [1.29, 1.82) is 0 Å². The van der Waals surface area contributed by atoms with Crippen LogP contribution in [0.4, 0.5) is 11.4 Å². The van der Waals surface area contributed by atoms with Gasteiger partial charge in [-0.1, -0.05) is 48.2 Å². The molecule has 9 heteroatoms. The third-order valence-electron chi connectivity index (χ3n) is 5.10. The molecule has 1 fully saturated rings. The highest BCUT2D eigenvalue weighted by Gasteiger charge is 2.43. The predicted molar refractivity (Wildman–Crippen MR) is 119 cm³/mol. The van der Waals surface area contributed by atoms with Gasteiger partial charge in [0, 0.05) is 30.3 Å². The Morgan fingerprint density at radius 1 is 1.19 bits per heavy atom. The summed E-state index contributed by atoms with van der Waals surface area (Å²) in [7, 11) is 0. The van der Waals surface area contributed by atoms with E-state index in [0.717, 1.165) is 12.2 Å². The molecular weight excluding hydrogens is 414 g/mol. The largest absolute Gasteiger partial charge is 0.325 e. The minimum absolute atomic E-state index is 0.0219. The monoisotopic (exact) mass is 435 g/mol. The Kier molecular flexibility index (Phi) is 6.13. The van der Waals surface area contributed by atoms with E-state index in [-0.39, 0.29) is 17.3 Å². The fourth-order valence-corrected chi connectivity index (χ4v) is 4.28. The summed E-state index contributed by atoms with van der Waals surface area (Å²) >= 11 is 1.31. The molecule has 3 aromatic rings. The summed E-state index contributed by atoms with van der Waals surface area (Å²) in [6, 6.07) is 16.1. The maximum Gasteiger partial charge on any atom is 0.269 e. The molecule has 1 N–H and O–H groups in total. The fraction of sp³-hybridized carbons (Fsp3) is 0.227. The van der Waals surface area contributed by atoms with E-state index < -0.39 is 4.92 Å². The van der Waals surface area contributed by atoms with Gasteiger partial charge in [0.2, 0.25) is 5.91 Å². The maximum absolute atomic E-state index is 12.3. The first-order valence-corrected chi connectivity index (χ1v) is 10.8. The highest BCUT2D eigenvalue weighted by Crippen LogP contribution is 2.54. The molecule has 0 spiro atoms. The van der Waals surface area contributed by atoms with E-state index >= 15 is 0 Å². The number of nitrogens with zero attached hydrogens (tertiary/aromatic N) is 4. The van der Waals surface area contributed by atoms with Gasteiger partial charge in [0.05, 0.1) is 10.7 Å². The van der Waals surface area contributed by atoms with Gasteiger partial charge < -0.3 is 9.88 Å². The summed E-state index contributed by atoms with van der Waals surface area (Å²) in [6.07, 6.45) is 2.83. The highest BCUT2D eigenvalue weighted by atomic mass is 32.2. The summed E-state index contributed by atoms with van der Waals surface area (Å²) < 4.78 is 2.02. The first kappa shape index (κ1) is 20.8. The van der Waals surface area contributed by atoms with Crippen LogP contribution >= 0.6 is 11.8 Å². The van der Waals surface area contributed by atoms with Crippen LogP contribution in [0.25, 0.3) is 0 Å². The molecule has 2 atom stereocenters. The summed E-state index contributed by atoms with van der Waals surface area (Å²) in [6.45, 7) is 4.41. The molecule has 1 saturated carbocycles. The second kappa shape index (κ2) is 9.13. The summed E-state index contributed by atoms with van der Waals surface area (Å²) in [4.78, 5) is 22.6. The van der Waals surface area contributed by atoms with Crippen molar-refractivity contribution in [1.82, 2.24) is 14.8 Å². The van der Waals surface area contributed by atoms with Gasteiger partial charge >= 0.3 is 0 Å². The molecule has 1 aromatic heterocycles. The number of rotatable bonds is 9. The van der Waals surface area contributed by atoms with Crippen molar-refractivity contribution < 1.29 is 9.72 Å². The van der Waals surface area contributed by atoms with Crippen molar-refractivity contribution in [3.8, 4) is 0 Å². The van der Waals surface area contributed by atoms with Gasteiger partial charge in [0.25, 0.3) is 5.69 Å². The molecule has 158 valence electrons.